The number of halogens is 1. The van der Waals surface area contributed by atoms with Crippen molar-refractivity contribution in [3.05, 3.63) is 45.6 Å². The van der Waals surface area contributed by atoms with Crippen molar-refractivity contribution in [3.8, 4) is 0 Å². The Balaban J connectivity index is 0.00000172. The van der Waals surface area contributed by atoms with Crippen LogP contribution in [0.4, 0.5) is 0 Å². The van der Waals surface area contributed by atoms with Crippen molar-refractivity contribution in [2.45, 2.75) is 103 Å². The fraction of sp³-hybridized carbons (Fsp3) is 0.667. The third-order valence-corrected chi connectivity index (χ3v) is 6.80. The molecule has 0 aromatic heterocycles. The number of unbranched alkanes of at least 4 members (excludes halogenated alkanes) is 12. The molecule has 32 heavy (non-hydrogen) atoms. The maximum atomic E-state index is 11.0. The zero-order valence-electron chi connectivity index (χ0n) is 19.6. The van der Waals surface area contributed by atoms with Gasteiger partial charge in [0.25, 0.3) is 10.2 Å². The molecule has 0 heterocycles. The Bertz CT molecular complexity index is 760. The van der Waals surface area contributed by atoms with Gasteiger partial charge in [-0.15, -0.1) is 0 Å². The van der Waals surface area contributed by atoms with Gasteiger partial charge in [0.05, 0.1) is 3.57 Å². The van der Waals surface area contributed by atoms with Gasteiger partial charge in [0.2, 0.25) is 0 Å². The van der Waals surface area contributed by atoms with Crippen LogP contribution in [0.3, 0.4) is 0 Å². The lowest BCUT2D eigenvalue weighted by molar-refractivity contribution is 0.577. The van der Waals surface area contributed by atoms with Crippen molar-refractivity contribution >= 4 is 30.0 Å². The maximum absolute atomic E-state index is 11.0. The second-order valence-electron chi connectivity index (χ2n) is 8.12. The Kier molecular flexibility index (Phi) is 20.2. The Labute approximate surface area is 203 Å². The lowest BCUT2D eigenvalue weighted by atomic mass is 10.1. The molecule has 0 atom stereocenters. The molecule has 1 rings (SSSR count). The summed E-state index contributed by atoms with van der Waals surface area (Å²) in [5, 5.41) is 8.21. The largest absolute Gasteiger partial charge is 0.340 e. The summed E-state index contributed by atoms with van der Waals surface area (Å²) in [4.78, 5) is 0. The average Bonchev–Trinajstić information content (AvgIpc) is 2.72. The predicted molar refractivity (Wildman–Crippen MR) is 141 cm³/mol. The van der Waals surface area contributed by atoms with Crippen molar-refractivity contribution in [1.29, 1.82) is 0 Å². The van der Waals surface area contributed by atoms with Crippen LogP contribution in [0.5, 0.6) is 0 Å². The lowest BCUT2D eigenvalue weighted by Crippen LogP contribution is -2.21. The smallest absolute Gasteiger partial charge is 0.230 e. The van der Waals surface area contributed by atoms with Crippen LogP contribution in [0.2, 0.25) is 0 Å². The fourth-order valence-electron chi connectivity index (χ4n) is 3.33. The molecule has 8 heteroatoms. The summed E-state index contributed by atoms with van der Waals surface area (Å²) >= 11 is -3.28. The Morgan fingerprint density at radius 1 is 0.719 bits per heavy atom. The van der Waals surface area contributed by atoms with Crippen LogP contribution < -0.4 is 10.3 Å². The van der Waals surface area contributed by atoms with Crippen LogP contribution in [-0.2, 0) is 22.8 Å². The number of hydrogen-bond acceptors (Lipinski definition) is 4. The number of allylic oxidation sites excluding steroid dienone is 2. The van der Waals surface area contributed by atoms with Crippen LogP contribution >= 0.6 is 19.8 Å². The third-order valence-electron chi connectivity index (χ3n) is 5.07. The van der Waals surface area contributed by atoms with Crippen molar-refractivity contribution in [3.63, 3.8) is 0 Å². The standard InChI is InChI=1S/C24H39IO2.H4N2O2S/c1-2-3-4-5-6-7-8-9-10-11-12-13-14-15-16-17-18-23-19-21-24(22-20-23)25(26)27;1-5(2,3)4/h11-12,19-22H,2-10,13-18H2,1H3;(H4,1,2,3,4). The maximum Gasteiger partial charge on any atom is 0.340 e. The van der Waals surface area contributed by atoms with E-state index in [-0.39, 0.29) is 0 Å². The normalized spacial score (nSPS) is 11.6. The number of nitrogens with two attached hydrogens (primary N) is 2. The van der Waals surface area contributed by atoms with Gasteiger partial charge in [-0.2, -0.15) is 8.42 Å². The molecule has 1 aromatic carbocycles. The number of benzene rings is 1. The van der Waals surface area contributed by atoms with E-state index in [2.05, 4.69) is 29.4 Å². The van der Waals surface area contributed by atoms with E-state index in [0.29, 0.717) is 3.57 Å². The first kappa shape index (κ1) is 31.2. The number of aryl methyl sites for hydroxylation is 1. The van der Waals surface area contributed by atoms with Crippen molar-refractivity contribution in [1.82, 2.24) is 0 Å². The van der Waals surface area contributed by atoms with Crippen molar-refractivity contribution < 1.29 is 14.6 Å². The molecule has 0 bridgehead atoms. The second kappa shape index (κ2) is 20.7. The summed E-state index contributed by atoms with van der Waals surface area (Å²) in [5.74, 6) is 0. The molecular weight excluding hydrogens is 539 g/mol. The molecular formula is C24H43IN2O4S. The van der Waals surface area contributed by atoms with E-state index in [1.165, 1.54) is 95.5 Å². The molecule has 0 aliphatic carbocycles. The highest BCUT2D eigenvalue weighted by atomic mass is 127. The number of rotatable bonds is 17. The SMILES string of the molecule is CCCCCCCCCCC=CCCCCCCc1ccc(I(=O)=O)cc1.NS(N)(=O)=O. The minimum atomic E-state index is -3.67. The first-order chi connectivity index (χ1) is 15.2. The summed E-state index contributed by atoms with van der Waals surface area (Å²) in [6, 6.07) is 7.42. The van der Waals surface area contributed by atoms with Gasteiger partial charge < -0.3 is 0 Å². The zero-order chi connectivity index (χ0) is 24.1. The van der Waals surface area contributed by atoms with Gasteiger partial charge in [-0.25, -0.2) is 16.4 Å². The van der Waals surface area contributed by atoms with Crippen molar-refractivity contribution in [2.24, 2.45) is 10.3 Å². The fourth-order valence-corrected chi connectivity index (χ4v) is 4.28. The number of hydrogen-bond donors (Lipinski definition) is 2. The summed E-state index contributed by atoms with van der Waals surface area (Å²) in [6.07, 6.45) is 24.5. The molecule has 0 aliphatic heterocycles. The van der Waals surface area contributed by atoms with E-state index < -0.39 is 30.0 Å². The van der Waals surface area contributed by atoms with Gasteiger partial charge >= 0.3 is 19.8 Å². The Hall–Kier alpha value is -0.840. The highest BCUT2D eigenvalue weighted by Gasteiger charge is 1.99. The third kappa shape index (κ3) is 23.8. The minimum Gasteiger partial charge on any atom is -0.230 e. The van der Waals surface area contributed by atoms with Gasteiger partial charge in [-0.3, -0.25) is 0 Å². The lowest BCUT2D eigenvalue weighted by Gasteiger charge is -2.02. The first-order valence-electron chi connectivity index (χ1n) is 11.8. The molecule has 0 amide bonds. The van der Waals surface area contributed by atoms with Gasteiger partial charge in [0.1, 0.15) is 0 Å². The van der Waals surface area contributed by atoms with Gasteiger partial charge in [0.15, 0.2) is 0 Å². The van der Waals surface area contributed by atoms with E-state index in [1.807, 2.05) is 12.1 Å². The summed E-state index contributed by atoms with van der Waals surface area (Å²) < 4.78 is 40.8. The molecule has 1 aromatic rings. The van der Waals surface area contributed by atoms with Gasteiger partial charge in [-0.05, 0) is 56.2 Å². The quantitative estimate of drug-likeness (QED) is 0.119. The van der Waals surface area contributed by atoms with Crippen LogP contribution in [0.1, 0.15) is 102 Å². The topological polar surface area (TPSA) is 120 Å². The molecule has 4 N–H and O–H groups in total. The van der Waals surface area contributed by atoms with Crippen LogP contribution in [0.15, 0.2) is 36.4 Å². The monoisotopic (exact) mass is 582 g/mol. The summed E-state index contributed by atoms with van der Waals surface area (Å²) in [5.41, 5.74) is 1.25. The van der Waals surface area contributed by atoms with Gasteiger partial charge in [-0.1, -0.05) is 89.0 Å². The van der Waals surface area contributed by atoms with Crippen LogP contribution in [0.25, 0.3) is 0 Å². The van der Waals surface area contributed by atoms with E-state index in [0.717, 1.165) is 6.42 Å². The first-order valence-corrected chi connectivity index (χ1v) is 16.3. The van der Waals surface area contributed by atoms with E-state index >= 15 is 0 Å². The molecule has 186 valence electrons. The van der Waals surface area contributed by atoms with E-state index in [4.69, 9.17) is 0 Å². The van der Waals surface area contributed by atoms with Gasteiger partial charge in [0, 0.05) is 0 Å². The molecule has 0 saturated heterocycles. The molecule has 6 nitrogen and oxygen atoms in total. The zero-order valence-corrected chi connectivity index (χ0v) is 22.6. The van der Waals surface area contributed by atoms with Crippen LogP contribution in [-0.4, -0.2) is 8.42 Å². The van der Waals surface area contributed by atoms with E-state index in [1.54, 1.807) is 12.1 Å². The average molecular weight is 583 g/mol. The predicted octanol–water partition coefficient (Wildman–Crippen LogP) is 6.78. The van der Waals surface area contributed by atoms with Crippen LogP contribution in [0, 0.1) is 3.57 Å². The van der Waals surface area contributed by atoms with E-state index in [9.17, 15) is 14.6 Å². The molecule has 0 aliphatic rings. The second-order valence-corrected chi connectivity index (χ2v) is 11.8. The molecule has 0 spiro atoms. The summed E-state index contributed by atoms with van der Waals surface area (Å²) in [7, 11) is -3.67. The summed E-state index contributed by atoms with van der Waals surface area (Å²) in [6.45, 7) is 2.27. The van der Waals surface area contributed by atoms with Crippen molar-refractivity contribution in [2.75, 3.05) is 0 Å². The Morgan fingerprint density at radius 3 is 1.56 bits per heavy atom. The molecule has 0 saturated carbocycles. The highest BCUT2D eigenvalue weighted by molar-refractivity contribution is 14.2. The Morgan fingerprint density at radius 2 is 1.12 bits per heavy atom. The molecule has 0 unspecified atom stereocenters. The highest BCUT2D eigenvalue weighted by Crippen LogP contribution is 2.18. The molecule has 0 radical (unpaired) electrons. The minimum absolute atomic E-state index is 0.502. The molecule has 0 fully saturated rings.